The Morgan fingerprint density at radius 1 is 1.27 bits per heavy atom. The normalized spacial score (nSPS) is 15.1. The number of amides is 1. The van der Waals surface area contributed by atoms with Gasteiger partial charge in [0.05, 0.1) is 12.6 Å². The summed E-state index contributed by atoms with van der Waals surface area (Å²) in [6.45, 7) is 8.86. The quantitative estimate of drug-likeness (QED) is 0.581. The number of rotatable bonds is 7. The molecule has 1 amide bonds. The van der Waals surface area contributed by atoms with E-state index < -0.39 is 0 Å². The van der Waals surface area contributed by atoms with Crippen LogP contribution in [0.4, 0.5) is 0 Å². The molecule has 0 bridgehead atoms. The van der Waals surface area contributed by atoms with E-state index in [2.05, 4.69) is 24.5 Å². The molecule has 0 rings (SSSR count). The predicted octanol–water partition coefficient (Wildman–Crippen LogP) is 0.508. The zero-order chi connectivity index (χ0) is 11.8. The molecule has 0 aromatic carbocycles. The smallest absolute Gasteiger partial charge is 0.233 e. The lowest BCUT2D eigenvalue weighted by Gasteiger charge is -2.15. The first-order valence-corrected chi connectivity index (χ1v) is 5.60. The topological polar surface area (TPSA) is 61.4 Å². The minimum Gasteiger partial charge on any atom is -0.393 e. The molecule has 0 saturated carbocycles. The Bertz CT molecular complexity index is 181. The minimum atomic E-state index is -0.328. The maximum absolute atomic E-state index is 11.3. The Labute approximate surface area is 92.4 Å². The highest BCUT2D eigenvalue weighted by Crippen LogP contribution is 1.95. The van der Waals surface area contributed by atoms with Crippen LogP contribution >= 0.6 is 0 Å². The van der Waals surface area contributed by atoms with Crippen molar-refractivity contribution >= 4 is 5.91 Å². The molecule has 4 nitrogen and oxygen atoms in total. The first-order valence-electron chi connectivity index (χ1n) is 5.60. The van der Waals surface area contributed by atoms with Crippen molar-refractivity contribution in [1.29, 1.82) is 0 Å². The second-order valence-corrected chi connectivity index (χ2v) is 4.56. The molecule has 2 unspecified atom stereocenters. The average Bonchev–Trinajstić information content (AvgIpc) is 2.10. The van der Waals surface area contributed by atoms with Crippen molar-refractivity contribution in [3.05, 3.63) is 0 Å². The molecule has 4 heteroatoms. The number of carbonyl (C=O) groups is 1. The van der Waals surface area contributed by atoms with Crippen molar-refractivity contribution < 1.29 is 9.90 Å². The zero-order valence-electron chi connectivity index (χ0n) is 10.2. The molecule has 0 aromatic heterocycles. The lowest BCUT2D eigenvalue weighted by molar-refractivity contribution is -0.120. The van der Waals surface area contributed by atoms with Gasteiger partial charge >= 0.3 is 0 Å². The van der Waals surface area contributed by atoms with E-state index in [1.165, 1.54) is 0 Å². The largest absolute Gasteiger partial charge is 0.393 e. The Hall–Kier alpha value is -0.610. The summed E-state index contributed by atoms with van der Waals surface area (Å²) in [4.78, 5) is 11.3. The molecule has 0 aliphatic carbocycles. The lowest BCUT2D eigenvalue weighted by atomic mass is 10.1. The first-order chi connectivity index (χ1) is 6.91. The monoisotopic (exact) mass is 216 g/mol. The maximum atomic E-state index is 11.3. The molecular weight excluding hydrogens is 192 g/mol. The highest BCUT2D eigenvalue weighted by atomic mass is 16.3. The predicted molar refractivity (Wildman–Crippen MR) is 61.6 cm³/mol. The van der Waals surface area contributed by atoms with Crippen LogP contribution in [-0.2, 0) is 4.79 Å². The van der Waals surface area contributed by atoms with Gasteiger partial charge in [-0.3, -0.25) is 4.79 Å². The van der Waals surface area contributed by atoms with Gasteiger partial charge in [-0.1, -0.05) is 13.8 Å². The number of hydrogen-bond acceptors (Lipinski definition) is 3. The Morgan fingerprint density at radius 3 is 2.33 bits per heavy atom. The average molecular weight is 216 g/mol. The van der Waals surface area contributed by atoms with Crippen molar-refractivity contribution in [2.24, 2.45) is 5.92 Å². The van der Waals surface area contributed by atoms with Gasteiger partial charge in [-0.05, 0) is 26.2 Å². The van der Waals surface area contributed by atoms with Crippen LogP contribution in [0.25, 0.3) is 0 Å². The second-order valence-electron chi connectivity index (χ2n) is 4.56. The Kier molecular flexibility index (Phi) is 7.34. The van der Waals surface area contributed by atoms with Crippen molar-refractivity contribution in [1.82, 2.24) is 10.6 Å². The van der Waals surface area contributed by atoms with Crippen molar-refractivity contribution in [3.8, 4) is 0 Å². The minimum absolute atomic E-state index is 0.0149. The second kappa shape index (κ2) is 7.65. The molecule has 90 valence electrons. The molecule has 3 N–H and O–H groups in total. The van der Waals surface area contributed by atoms with E-state index in [4.69, 9.17) is 5.11 Å². The van der Waals surface area contributed by atoms with E-state index in [-0.39, 0.29) is 18.1 Å². The Morgan fingerprint density at radius 2 is 1.87 bits per heavy atom. The molecule has 0 fully saturated rings. The van der Waals surface area contributed by atoms with E-state index in [0.29, 0.717) is 25.4 Å². The number of carbonyl (C=O) groups excluding carboxylic acids is 1. The SMILES string of the molecule is CC(C)CNC(=O)CNC(C)CC(C)O. The fourth-order valence-electron chi connectivity index (χ4n) is 1.24. The molecule has 15 heavy (non-hydrogen) atoms. The van der Waals surface area contributed by atoms with E-state index in [9.17, 15) is 4.79 Å². The molecule has 0 saturated heterocycles. The van der Waals surface area contributed by atoms with E-state index in [0.717, 1.165) is 0 Å². The van der Waals surface area contributed by atoms with E-state index >= 15 is 0 Å². The van der Waals surface area contributed by atoms with Crippen LogP contribution in [0.1, 0.15) is 34.1 Å². The summed E-state index contributed by atoms with van der Waals surface area (Å²) in [6.07, 6.45) is 0.337. The number of aliphatic hydroxyl groups excluding tert-OH is 1. The van der Waals surface area contributed by atoms with Gasteiger partial charge in [0.15, 0.2) is 0 Å². The standard InChI is InChI=1S/C11H24N2O2/c1-8(2)6-13-11(15)7-12-9(3)5-10(4)14/h8-10,12,14H,5-7H2,1-4H3,(H,13,15). The third-order valence-corrected chi connectivity index (χ3v) is 2.01. The van der Waals surface area contributed by atoms with E-state index in [1.54, 1.807) is 6.92 Å². The van der Waals surface area contributed by atoms with Gasteiger partial charge in [0.25, 0.3) is 0 Å². The number of hydrogen-bond donors (Lipinski definition) is 3. The van der Waals surface area contributed by atoms with Crippen LogP contribution in [0.15, 0.2) is 0 Å². The summed E-state index contributed by atoms with van der Waals surface area (Å²) < 4.78 is 0. The highest BCUT2D eigenvalue weighted by molar-refractivity contribution is 5.77. The first kappa shape index (κ1) is 14.4. The maximum Gasteiger partial charge on any atom is 0.233 e. The lowest BCUT2D eigenvalue weighted by Crippen LogP contribution is -2.40. The highest BCUT2D eigenvalue weighted by Gasteiger charge is 2.07. The number of nitrogens with one attached hydrogen (secondary N) is 2. The molecule has 0 spiro atoms. The summed E-state index contributed by atoms with van der Waals surface area (Å²) in [5.74, 6) is 0.491. The van der Waals surface area contributed by atoms with Crippen LogP contribution in [0.5, 0.6) is 0 Å². The summed E-state index contributed by atoms with van der Waals surface area (Å²) in [5, 5.41) is 15.0. The van der Waals surface area contributed by atoms with Gasteiger partial charge in [-0.2, -0.15) is 0 Å². The van der Waals surface area contributed by atoms with Crippen molar-refractivity contribution in [2.45, 2.75) is 46.3 Å². The molecule has 0 radical (unpaired) electrons. The summed E-state index contributed by atoms with van der Waals surface area (Å²) in [7, 11) is 0. The molecular formula is C11H24N2O2. The van der Waals surface area contributed by atoms with Gasteiger partial charge < -0.3 is 15.7 Å². The van der Waals surface area contributed by atoms with Crippen molar-refractivity contribution in [2.75, 3.05) is 13.1 Å². The third-order valence-electron chi connectivity index (χ3n) is 2.01. The molecule has 0 aliphatic heterocycles. The third kappa shape index (κ3) is 9.69. The van der Waals surface area contributed by atoms with Crippen LogP contribution < -0.4 is 10.6 Å². The van der Waals surface area contributed by atoms with Gasteiger partial charge in [-0.15, -0.1) is 0 Å². The molecule has 0 aromatic rings. The molecule has 2 atom stereocenters. The Balaban J connectivity index is 3.53. The van der Waals surface area contributed by atoms with Gasteiger partial charge in [0.1, 0.15) is 0 Å². The summed E-state index contributed by atoms with van der Waals surface area (Å²) >= 11 is 0. The van der Waals surface area contributed by atoms with Crippen LogP contribution in [0.2, 0.25) is 0 Å². The summed E-state index contributed by atoms with van der Waals surface area (Å²) in [5.41, 5.74) is 0. The fourth-order valence-corrected chi connectivity index (χ4v) is 1.24. The zero-order valence-corrected chi connectivity index (χ0v) is 10.2. The fraction of sp³-hybridized carbons (Fsp3) is 0.909. The van der Waals surface area contributed by atoms with Crippen LogP contribution in [0, 0.1) is 5.92 Å². The molecule has 0 aliphatic rings. The van der Waals surface area contributed by atoms with E-state index in [1.807, 2.05) is 6.92 Å². The molecule has 0 heterocycles. The number of aliphatic hydroxyl groups is 1. The van der Waals surface area contributed by atoms with Gasteiger partial charge in [-0.25, -0.2) is 0 Å². The van der Waals surface area contributed by atoms with Gasteiger partial charge in [0.2, 0.25) is 5.91 Å². The van der Waals surface area contributed by atoms with Gasteiger partial charge in [0, 0.05) is 12.6 Å². The summed E-state index contributed by atoms with van der Waals surface area (Å²) in [6, 6.07) is 0.162. The van der Waals surface area contributed by atoms with Crippen molar-refractivity contribution in [3.63, 3.8) is 0 Å². The van der Waals surface area contributed by atoms with Crippen LogP contribution in [-0.4, -0.2) is 36.2 Å². The van der Waals surface area contributed by atoms with Crippen LogP contribution in [0.3, 0.4) is 0 Å².